The van der Waals surface area contributed by atoms with Gasteiger partial charge in [0, 0.05) is 0 Å². The molecule has 0 aliphatic carbocycles. The van der Waals surface area contributed by atoms with Crippen LogP contribution in [0.1, 0.15) is 142 Å². The Morgan fingerprint density at radius 3 is 1.00 bits per heavy atom. The Hall–Kier alpha value is 0.220. The van der Waals surface area contributed by atoms with Gasteiger partial charge in [-0.25, -0.2) is 8.42 Å². The molecule has 0 aromatic carbocycles. The van der Waals surface area contributed by atoms with Gasteiger partial charge >= 0.3 is 0 Å². The molecule has 0 radical (unpaired) electrons. The lowest BCUT2D eigenvalue weighted by Gasteiger charge is -2.17. The van der Waals surface area contributed by atoms with Crippen LogP contribution in [0, 0.1) is 0 Å². The highest BCUT2D eigenvalue weighted by Gasteiger charge is 2.20. The summed E-state index contributed by atoms with van der Waals surface area (Å²) in [6, 6.07) is 0. The molecular weight excluding hydrogens is 416 g/mol. The van der Waals surface area contributed by atoms with Crippen molar-refractivity contribution in [3.8, 4) is 0 Å². The molecule has 0 fully saturated rings. The lowest BCUT2D eigenvalue weighted by atomic mass is 10.0. The Bertz CT molecular complexity index is 380. The van der Waals surface area contributed by atoms with Crippen LogP contribution in [0.2, 0.25) is 0 Å². The SMILES string of the molecule is CCCCCCCCCCC(CCC(CCCCCCCCCC)S(=O)O)S(=O)O. The molecule has 4 unspecified atom stereocenters. The van der Waals surface area contributed by atoms with Crippen LogP contribution in [0.4, 0.5) is 0 Å². The first-order valence-corrected chi connectivity index (χ1v) is 15.1. The number of rotatable bonds is 23. The highest BCUT2D eigenvalue weighted by atomic mass is 32.2. The monoisotopic (exact) mass is 466 g/mol. The molecule has 0 rings (SSSR count). The third-order valence-corrected chi connectivity index (χ3v) is 8.22. The molecule has 6 heteroatoms. The van der Waals surface area contributed by atoms with E-state index in [0.29, 0.717) is 12.8 Å². The van der Waals surface area contributed by atoms with Crippen molar-refractivity contribution in [1.29, 1.82) is 0 Å². The highest BCUT2D eigenvalue weighted by molar-refractivity contribution is 7.80. The first kappa shape index (κ1) is 30.2. The molecule has 0 aliphatic heterocycles. The molecule has 0 saturated carbocycles. The van der Waals surface area contributed by atoms with E-state index in [2.05, 4.69) is 13.8 Å². The first-order valence-electron chi connectivity index (χ1n) is 12.7. The summed E-state index contributed by atoms with van der Waals surface area (Å²) in [5.41, 5.74) is 0. The van der Waals surface area contributed by atoms with Gasteiger partial charge in [0.15, 0.2) is 22.2 Å². The number of hydrogen-bond donors (Lipinski definition) is 2. The van der Waals surface area contributed by atoms with E-state index in [1.54, 1.807) is 0 Å². The molecule has 0 aliphatic rings. The predicted octanol–water partition coefficient (Wildman–Crippen LogP) is 8.01. The van der Waals surface area contributed by atoms with Gasteiger partial charge in [0.1, 0.15) is 0 Å². The summed E-state index contributed by atoms with van der Waals surface area (Å²) in [4.78, 5) is 0. The molecule has 4 atom stereocenters. The van der Waals surface area contributed by atoms with Gasteiger partial charge in [0.2, 0.25) is 0 Å². The van der Waals surface area contributed by atoms with E-state index < -0.39 is 22.2 Å². The van der Waals surface area contributed by atoms with E-state index in [9.17, 15) is 17.5 Å². The maximum Gasteiger partial charge on any atom is 0.155 e. The van der Waals surface area contributed by atoms with E-state index in [4.69, 9.17) is 0 Å². The van der Waals surface area contributed by atoms with Gasteiger partial charge in [-0.2, -0.15) is 0 Å². The standard InChI is InChI=1S/C24H50O4S2/c1-3-5-7-9-11-13-15-17-19-23(29(25)26)21-22-24(30(27)28)20-18-16-14-12-10-8-6-4-2/h23-24H,3-22H2,1-2H3,(H,25,26)(H,27,28). The van der Waals surface area contributed by atoms with E-state index in [0.717, 1.165) is 38.5 Å². The molecule has 0 aromatic heterocycles. The molecule has 30 heavy (non-hydrogen) atoms. The van der Waals surface area contributed by atoms with Crippen LogP contribution < -0.4 is 0 Å². The molecular formula is C24H50O4S2. The maximum atomic E-state index is 11.7. The van der Waals surface area contributed by atoms with Crippen LogP contribution in [0.5, 0.6) is 0 Å². The number of unbranched alkanes of at least 4 members (excludes halogenated alkanes) is 14. The van der Waals surface area contributed by atoms with E-state index >= 15 is 0 Å². The van der Waals surface area contributed by atoms with Crippen molar-refractivity contribution in [2.75, 3.05) is 0 Å². The average Bonchev–Trinajstić information content (AvgIpc) is 2.71. The first-order chi connectivity index (χ1) is 14.5. The Morgan fingerprint density at radius 2 is 0.733 bits per heavy atom. The topological polar surface area (TPSA) is 74.6 Å². The van der Waals surface area contributed by atoms with Crippen LogP contribution in [0.3, 0.4) is 0 Å². The summed E-state index contributed by atoms with van der Waals surface area (Å²) in [7, 11) is 0. The minimum absolute atomic E-state index is 0.255. The van der Waals surface area contributed by atoms with Crippen molar-refractivity contribution in [3.63, 3.8) is 0 Å². The molecule has 4 nitrogen and oxygen atoms in total. The summed E-state index contributed by atoms with van der Waals surface area (Å²) in [6.45, 7) is 4.45. The smallest absolute Gasteiger partial charge is 0.155 e. The summed E-state index contributed by atoms with van der Waals surface area (Å²) >= 11 is -3.68. The predicted molar refractivity (Wildman–Crippen MR) is 133 cm³/mol. The quantitative estimate of drug-likeness (QED) is 0.118. The minimum atomic E-state index is -1.84. The fraction of sp³-hybridized carbons (Fsp3) is 1.00. The Kier molecular flexibility index (Phi) is 22.6. The molecule has 182 valence electrons. The second-order valence-corrected chi connectivity index (χ2v) is 11.3. The molecule has 0 heterocycles. The van der Waals surface area contributed by atoms with Crippen LogP contribution in [-0.4, -0.2) is 28.0 Å². The third kappa shape index (κ3) is 18.9. The zero-order chi connectivity index (χ0) is 22.5. The van der Waals surface area contributed by atoms with Crippen molar-refractivity contribution in [2.24, 2.45) is 0 Å². The van der Waals surface area contributed by atoms with Crippen LogP contribution in [0.25, 0.3) is 0 Å². The third-order valence-electron chi connectivity index (χ3n) is 6.14. The highest BCUT2D eigenvalue weighted by Crippen LogP contribution is 2.21. The zero-order valence-corrected chi connectivity index (χ0v) is 21.5. The van der Waals surface area contributed by atoms with Gasteiger partial charge in [-0.3, -0.25) is 0 Å². The second kappa shape index (κ2) is 22.4. The molecule has 0 saturated heterocycles. The van der Waals surface area contributed by atoms with Crippen molar-refractivity contribution < 1.29 is 17.5 Å². The molecule has 2 N–H and O–H groups in total. The number of hydrogen-bond acceptors (Lipinski definition) is 2. The van der Waals surface area contributed by atoms with E-state index in [-0.39, 0.29) is 10.5 Å². The van der Waals surface area contributed by atoms with Crippen molar-refractivity contribution in [2.45, 2.75) is 153 Å². The van der Waals surface area contributed by atoms with Gasteiger partial charge in [-0.1, -0.05) is 117 Å². The van der Waals surface area contributed by atoms with Gasteiger partial charge in [-0.05, 0) is 25.7 Å². The summed E-state index contributed by atoms with van der Waals surface area (Å²) < 4.78 is 42.7. The largest absolute Gasteiger partial charge is 0.306 e. The fourth-order valence-electron chi connectivity index (χ4n) is 4.08. The second-order valence-electron chi connectivity index (χ2n) is 8.90. The molecule has 0 bridgehead atoms. The van der Waals surface area contributed by atoms with Gasteiger partial charge in [0.25, 0.3) is 0 Å². The van der Waals surface area contributed by atoms with Crippen LogP contribution in [0.15, 0.2) is 0 Å². The maximum absolute atomic E-state index is 11.7. The van der Waals surface area contributed by atoms with Crippen molar-refractivity contribution in [1.82, 2.24) is 0 Å². The van der Waals surface area contributed by atoms with Crippen molar-refractivity contribution in [3.05, 3.63) is 0 Å². The summed E-state index contributed by atoms with van der Waals surface area (Å²) in [5, 5.41) is -0.510. The van der Waals surface area contributed by atoms with E-state index in [1.807, 2.05) is 0 Å². The van der Waals surface area contributed by atoms with Gasteiger partial charge in [0.05, 0.1) is 10.5 Å². The normalized spacial score (nSPS) is 15.7. The molecule has 0 aromatic rings. The van der Waals surface area contributed by atoms with Crippen LogP contribution >= 0.6 is 0 Å². The van der Waals surface area contributed by atoms with Crippen molar-refractivity contribution >= 4 is 22.2 Å². The summed E-state index contributed by atoms with van der Waals surface area (Å²) in [6.07, 6.45) is 22.2. The lowest BCUT2D eigenvalue weighted by molar-refractivity contribution is 0.479. The zero-order valence-electron chi connectivity index (χ0n) is 19.8. The average molecular weight is 467 g/mol. The fourth-order valence-corrected chi connectivity index (χ4v) is 5.49. The lowest BCUT2D eigenvalue weighted by Crippen LogP contribution is -2.21. The minimum Gasteiger partial charge on any atom is -0.306 e. The summed E-state index contributed by atoms with van der Waals surface area (Å²) in [5.74, 6) is 0. The molecule has 0 amide bonds. The van der Waals surface area contributed by atoms with Gasteiger partial charge in [-0.15, -0.1) is 0 Å². The Labute approximate surface area is 192 Å². The van der Waals surface area contributed by atoms with Crippen LogP contribution in [-0.2, 0) is 22.2 Å². The van der Waals surface area contributed by atoms with E-state index in [1.165, 1.54) is 77.0 Å². The Morgan fingerprint density at radius 1 is 0.467 bits per heavy atom. The van der Waals surface area contributed by atoms with Gasteiger partial charge < -0.3 is 9.11 Å². The molecule has 0 spiro atoms. The Balaban J connectivity index is 3.97.